The monoisotopic (exact) mass is 255 g/mol. The lowest BCUT2D eigenvalue weighted by molar-refractivity contribution is 0.0939. The molecular weight excluding hydrogens is 238 g/mol. The van der Waals surface area contributed by atoms with Gasteiger partial charge in [-0.15, -0.1) is 5.10 Å². The molecule has 0 atom stereocenters. The number of hydrogen-bond acceptors (Lipinski definition) is 5. The minimum atomic E-state index is -0.208. The number of H-pyrrole nitrogens is 1. The first-order valence-corrected chi connectivity index (χ1v) is 6.88. The van der Waals surface area contributed by atoms with Crippen LogP contribution in [0.4, 0.5) is 0 Å². The molecule has 1 fully saturated rings. The summed E-state index contributed by atoms with van der Waals surface area (Å²) in [6, 6.07) is 0. The molecule has 0 aliphatic carbocycles. The quantitative estimate of drug-likeness (QED) is 0.785. The van der Waals surface area contributed by atoms with Crippen molar-refractivity contribution in [2.45, 2.75) is 6.92 Å². The smallest absolute Gasteiger partial charge is 0.291 e. The van der Waals surface area contributed by atoms with Crippen molar-refractivity contribution >= 4 is 17.7 Å². The standard InChI is InChI=1S/C10H17N5OS/c1-8-12-9(14-13-8)10(16)11-2-3-15-4-6-17-7-5-15/h2-7H2,1H3,(H,11,16)(H,12,13,14). The highest BCUT2D eigenvalue weighted by Gasteiger charge is 2.12. The van der Waals surface area contributed by atoms with Crippen molar-refractivity contribution in [3.63, 3.8) is 0 Å². The summed E-state index contributed by atoms with van der Waals surface area (Å²) in [6.45, 7) is 5.54. The number of thioether (sulfide) groups is 1. The highest BCUT2D eigenvalue weighted by atomic mass is 32.2. The summed E-state index contributed by atoms with van der Waals surface area (Å²) in [5, 5.41) is 9.30. The summed E-state index contributed by atoms with van der Waals surface area (Å²) in [7, 11) is 0. The second-order valence-corrected chi connectivity index (χ2v) is 5.18. The maximum Gasteiger partial charge on any atom is 0.291 e. The molecule has 1 saturated heterocycles. The molecule has 2 rings (SSSR count). The minimum Gasteiger partial charge on any atom is -0.348 e. The molecule has 0 spiro atoms. The second kappa shape index (κ2) is 6.02. The van der Waals surface area contributed by atoms with E-state index in [0.717, 1.165) is 19.6 Å². The van der Waals surface area contributed by atoms with E-state index in [1.54, 1.807) is 6.92 Å². The largest absolute Gasteiger partial charge is 0.348 e. The number of aryl methyl sites for hydroxylation is 1. The predicted molar refractivity (Wildman–Crippen MR) is 67.2 cm³/mol. The maximum absolute atomic E-state index is 11.6. The van der Waals surface area contributed by atoms with Gasteiger partial charge in [-0.25, -0.2) is 4.98 Å². The van der Waals surface area contributed by atoms with Crippen molar-refractivity contribution in [1.82, 2.24) is 25.4 Å². The van der Waals surface area contributed by atoms with Crippen molar-refractivity contribution < 1.29 is 4.79 Å². The molecule has 1 aromatic rings. The molecule has 1 amide bonds. The number of nitrogens with one attached hydrogen (secondary N) is 2. The molecule has 0 saturated carbocycles. The average Bonchev–Trinajstić information content (AvgIpc) is 2.77. The van der Waals surface area contributed by atoms with Crippen LogP contribution in [-0.2, 0) is 0 Å². The highest BCUT2D eigenvalue weighted by molar-refractivity contribution is 7.99. The molecule has 0 aromatic carbocycles. The van der Waals surface area contributed by atoms with Crippen molar-refractivity contribution in [1.29, 1.82) is 0 Å². The number of aromatic amines is 1. The Kier molecular flexibility index (Phi) is 4.38. The molecule has 1 aromatic heterocycles. The first-order valence-electron chi connectivity index (χ1n) is 5.73. The van der Waals surface area contributed by atoms with Gasteiger partial charge in [0.15, 0.2) is 0 Å². The summed E-state index contributed by atoms with van der Waals surface area (Å²) in [4.78, 5) is 18.0. The van der Waals surface area contributed by atoms with Crippen molar-refractivity contribution in [2.75, 3.05) is 37.7 Å². The van der Waals surface area contributed by atoms with Gasteiger partial charge < -0.3 is 5.32 Å². The highest BCUT2D eigenvalue weighted by Crippen LogP contribution is 2.07. The Morgan fingerprint density at radius 3 is 2.94 bits per heavy atom. The molecule has 1 aliphatic rings. The fourth-order valence-electron chi connectivity index (χ4n) is 1.68. The lowest BCUT2D eigenvalue weighted by atomic mass is 10.4. The van der Waals surface area contributed by atoms with E-state index in [1.165, 1.54) is 11.5 Å². The molecule has 0 bridgehead atoms. The van der Waals surface area contributed by atoms with E-state index in [0.29, 0.717) is 12.4 Å². The van der Waals surface area contributed by atoms with Crippen molar-refractivity contribution in [3.05, 3.63) is 11.6 Å². The average molecular weight is 255 g/mol. The molecule has 94 valence electrons. The van der Waals surface area contributed by atoms with E-state index in [-0.39, 0.29) is 11.7 Å². The molecule has 1 aliphatic heterocycles. The Balaban J connectivity index is 1.69. The fraction of sp³-hybridized carbons (Fsp3) is 0.700. The summed E-state index contributed by atoms with van der Waals surface area (Å²) in [5.41, 5.74) is 0. The summed E-state index contributed by atoms with van der Waals surface area (Å²) >= 11 is 1.98. The lowest BCUT2D eigenvalue weighted by Crippen LogP contribution is -2.39. The Hall–Kier alpha value is -1.08. The third-order valence-electron chi connectivity index (χ3n) is 2.62. The van der Waals surface area contributed by atoms with Crippen molar-refractivity contribution in [3.8, 4) is 0 Å². The number of carbonyl (C=O) groups excluding carboxylic acids is 1. The second-order valence-electron chi connectivity index (χ2n) is 3.95. The number of amides is 1. The van der Waals surface area contributed by atoms with Gasteiger partial charge in [0.1, 0.15) is 5.82 Å². The summed E-state index contributed by atoms with van der Waals surface area (Å²) in [5.74, 6) is 3.04. The number of hydrogen-bond donors (Lipinski definition) is 2. The van der Waals surface area contributed by atoms with Crippen LogP contribution >= 0.6 is 11.8 Å². The molecule has 6 nitrogen and oxygen atoms in total. The Labute approximate surface area is 105 Å². The predicted octanol–water partition coefficient (Wildman–Crippen LogP) is -0.108. The van der Waals surface area contributed by atoms with Crippen LogP contribution in [0.1, 0.15) is 16.4 Å². The van der Waals surface area contributed by atoms with E-state index in [1.807, 2.05) is 11.8 Å². The first kappa shape index (κ1) is 12.4. The van der Waals surface area contributed by atoms with Gasteiger partial charge in [0.25, 0.3) is 5.91 Å². The molecule has 17 heavy (non-hydrogen) atoms. The van der Waals surface area contributed by atoms with Gasteiger partial charge in [-0.3, -0.25) is 14.8 Å². The Bertz CT molecular complexity index is 375. The van der Waals surface area contributed by atoms with Gasteiger partial charge in [-0.05, 0) is 6.92 Å². The molecule has 2 heterocycles. The van der Waals surface area contributed by atoms with Crippen LogP contribution in [0.25, 0.3) is 0 Å². The van der Waals surface area contributed by atoms with Crippen molar-refractivity contribution in [2.24, 2.45) is 0 Å². The molecular formula is C10H17N5OS. The van der Waals surface area contributed by atoms with Crippen LogP contribution < -0.4 is 5.32 Å². The van der Waals surface area contributed by atoms with E-state index in [4.69, 9.17) is 0 Å². The third-order valence-corrected chi connectivity index (χ3v) is 3.56. The first-order chi connectivity index (χ1) is 8.25. The summed E-state index contributed by atoms with van der Waals surface area (Å²) in [6.07, 6.45) is 0. The Morgan fingerprint density at radius 2 is 2.29 bits per heavy atom. The van der Waals surface area contributed by atoms with Crippen LogP contribution in [0.5, 0.6) is 0 Å². The maximum atomic E-state index is 11.6. The fourth-order valence-corrected chi connectivity index (χ4v) is 2.65. The number of aromatic nitrogens is 3. The zero-order valence-electron chi connectivity index (χ0n) is 9.90. The van der Waals surface area contributed by atoms with Gasteiger partial charge >= 0.3 is 0 Å². The topological polar surface area (TPSA) is 73.9 Å². The zero-order valence-corrected chi connectivity index (χ0v) is 10.7. The SMILES string of the molecule is Cc1nc(C(=O)NCCN2CCSCC2)n[nH]1. The van der Waals surface area contributed by atoms with Gasteiger partial charge in [0.05, 0.1) is 0 Å². The lowest BCUT2D eigenvalue weighted by Gasteiger charge is -2.25. The zero-order chi connectivity index (χ0) is 12.1. The molecule has 0 unspecified atom stereocenters. The number of rotatable bonds is 4. The summed E-state index contributed by atoms with van der Waals surface area (Å²) < 4.78 is 0. The van der Waals surface area contributed by atoms with Crippen LogP contribution in [0.15, 0.2) is 0 Å². The Morgan fingerprint density at radius 1 is 1.53 bits per heavy atom. The molecule has 0 radical (unpaired) electrons. The number of nitrogens with zero attached hydrogens (tertiary/aromatic N) is 3. The van der Waals surface area contributed by atoms with E-state index >= 15 is 0 Å². The van der Waals surface area contributed by atoms with Crippen LogP contribution in [0.3, 0.4) is 0 Å². The molecule has 7 heteroatoms. The van der Waals surface area contributed by atoms with Crippen LogP contribution in [-0.4, -0.2) is 63.7 Å². The van der Waals surface area contributed by atoms with E-state index in [9.17, 15) is 4.79 Å². The van der Waals surface area contributed by atoms with Gasteiger partial charge in [0, 0.05) is 37.7 Å². The van der Waals surface area contributed by atoms with Gasteiger partial charge in [-0.2, -0.15) is 11.8 Å². The minimum absolute atomic E-state index is 0.208. The van der Waals surface area contributed by atoms with Gasteiger partial charge in [-0.1, -0.05) is 0 Å². The molecule has 2 N–H and O–H groups in total. The normalized spacial score (nSPS) is 17.0. The third kappa shape index (κ3) is 3.71. The van der Waals surface area contributed by atoms with E-state index in [2.05, 4.69) is 25.4 Å². The van der Waals surface area contributed by atoms with Crippen LogP contribution in [0.2, 0.25) is 0 Å². The van der Waals surface area contributed by atoms with Gasteiger partial charge in [0.2, 0.25) is 5.82 Å². The van der Waals surface area contributed by atoms with Crippen LogP contribution in [0, 0.1) is 6.92 Å². The van der Waals surface area contributed by atoms with E-state index < -0.39 is 0 Å². The number of carbonyl (C=O) groups is 1.